The maximum Gasteiger partial charge on any atom is 0.139 e. The van der Waals surface area contributed by atoms with Gasteiger partial charge in [-0.3, -0.25) is 0 Å². The monoisotopic (exact) mass is 208 g/mol. The summed E-state index contributed by atoms with van der Waals surface area (Å²) in [6, 6.07) is 0. The molecule has 0 saturated heterocycles. The van der Waals surface area contributed by atoms with Crippen LogP contribution in [0.25, 0.3) is 0 Å². The fourth-order valence-electron chi connectivity index (χ4n) is 1.17. The molecule has 0 saturated carbocycles. The van der Waals surface area contributed by atoms with Gasteiger partial charge in [0.2, 0.25) is 0 Å². The minimum Gasteiger partial charge on any atom is -0.330 e. The number of rotatable bonds is 5. The summed E-state index contributed by atoms with van der Waals surface area (Å²) >= 11 is 0. The van der Waals surface area contributed by atoms with Gasteiger partial charge in [0, 0.05) is 0 Å². The number of aromatic nitrogens is 6. The lowest BCUT2D eigenvalue weighted by molar-refractivity contribution is 0.424. The van der Waals surface area contributed by atoms with E-state index >= 15 is 0 Å². The van der Waals surface area contributed by atoms with Crippen LogP contribution in [-0.2, 0) is 0 Å². The van der Waals surface area contributed by atoms with E-state index in [1.165, 1.54) is 12.7 Å². The molecule has 0 amide bonds. The van der Waals surface area contributed by atoms with Gasteiger partial charge in [0.1, 0.15) is 25.3 Å². The van der Waals surface area contributed by atoms with E-state index < -0.39 is 0 Å². The number of nitrogens with zero attached hydrogens (tertiary/aromatic N) is 7. The van der Waals surface area contributed by atoms with Gasteiger partial charge in [-0.2, -0.15) is 5.12 Å². The van der Waals surface area contributed by atoms with Gasteiger partial charge in [-0.25, -0.2) is 9.97 Å². The average molecular weight is 208 g/mol. The second kappa shape index (κ2) is 4.51. The molecule has 0 aliphatic rings. The maximum atomic E-state index is 5.47. The average Bonchev–Trinajstić information content (AvgIpc) is 2.90. The first-order valence-corrected chi connectivity index (χ1v) is 4.59. The highest BCUT2D eigenvalue weighted by Crippen LogP contribution is 1.92. The second-order valence-electron chi connectivity index (χ2n) is 2.87. The zero-order valence-corrected chi connectivity index (χ0v) is 8.14. The summed E-state index contributed by atoms with van der Waals surface area (Å²) in [7, 11) is 0. The summed E-state index contributed by atoms with van der Waals surface area (Å²) < 4.78 is 0. The van der Waals surface area contributed by atoms with Crippen molar-refractivity contribution >= 4 is 0 Å². The molecule has 2 aromatic heterocycles. The Balaban J connectivity index is 2.17. The predicted molar refractivity (Wildman–Crippen MR) is 52.2 cm³/mol. The molecule has 0 spiro atoms. The highest BCUT2D eigenvalue weighted by molar-refractivity contribution is 4.80. The molecule has 8 heteroatoms. The van der Waals surface area contributed by atoms with Crippen LogP contribution >= 0.6 is 0 Å². The molecule has 2 rings (SSSR count). The zero-order chi connectivity index (χ0) is 10.5. The normalized spacial score (nSPS) is 10.5. The van der Waals surface area contributed by atoms with E-state index in [0.29, 0.717) is 13.1 Å². The van der Waals surface area contributed by atoms with E-state index in [1.807, 2.05) is 0 Å². The Labute approximate surface area is 86.3 Å². The molecule has 2 N–H and O–H groups in total. The Morgan fingerprint density at radius 1 is 1.07 bits per heavy atom. The van der Waals surface area contributed by atoms with Crippen LogP contribution in [0.1, 0.15) is 6.42 Å². The van der Waals surface area contributed by atoms with Crippen LogP contribution in [0.3, 0.4) is 0 Å². The van der Waals surface area contributed by atoms with Gasteiger partial charge in [-0.15, -0.1) is 19.8 Å². The molecule has 2 aromatic rings. The van der Waals surface area contributed by atoms with Gasteiger partial charge in [0.25, 0.3) is 0 Å². The van der Waals surface area contributed by atoms with E-state index in [-0.39, 0.29) is 0 Å². The molecule has 0 aliphatic heterocycles. The highest BCUT2D eigenvalue weighted by Gasteiger charge is 2.07. The summed E-state index contributed by atoms with van der Waals surface area (Å²) in [6.07, 6.45) is 6.95. The SMILES string of the molecule is NCCCN(n1cncn1)n1cncn1. The van der Waals surface area contributed by atoms with Crippen molar-refractivity contribution in [3.63, 3.8) is 0 Å². The van der Waals surface area contributed by atoms with Gasteiger partial charge < -0.3 is 5.73 Å². The van der Waals surface area contributed by atoms with Crippen LogP contribution in [0, 0.1) is 0 Å². The lowest BCUT2D eigenvalue weighted by Crippen LogP contribution is -2.41. The van der Waals surface area contributed by atoms with Gasteiger partial charge in [0.15, 0.2) is 0 Å². The predicted octanol–water partition coefficient (Wildman–Crippen LogP) is -1.38. The molecule has 0 fully saturated rings. The van der Waals surface area contributed by atoms with Crippen LogP contribution in [0.4, 0.5) is 0 Å². The molecule has 2 heterocycles. The standard InChI is InChI=1S/C7H12N8/c8-2-1-3-15(13-6-9-4-11-13)14-7-10-5-12-14/h4-7H,1-3,8H2. The Bertz CT molecular complexity index is 331. The van der Waals surface area contributed by atoms with Crippen LogP contribution in [0.15, 0.2) is 25.3 Å². The third kappa shape index (κ3) is 2.10. The largest absolute Gasteiger partial charge is 0.330 e. The lowest BCUT2D eigenvalue weighted by Gasteiger charge is -2.21. The molecule has 0 aromatic carbocycles. The molecule has 0 atom stereocenters. The van der Waals surface area contributed by atoms with Crippen molar-refractivity contribution in [2.24, 2.45) is 5.73 Å². The summed E-state index contributed by atoms with van der Waals surface area (Å²) in [5.74, 6) is 0. The zero-order valence-electron chi connectivity index (χ0n) is 8.14. The van der Waals surface area contributed by atoms with Gasteiger partial charge in [-0.05, 0) is 13.0 Å². The fraction of sp³-hybridized carbons (Fsp3) is 0.429. The number of hydrogen-bond donors (Lipinski definition) is 1. The topological polar surface area (TPSA) is 90.7 Å². The Morgan fingerprint density at radius 3 is 2.07 bits per heavy atom. The van der Waals surface area contributed by atoms with Crippen LogP contribution in [0.5, 0.6) is 0 Å². The van der Waals surface area contributed by atoms with Gasteiger partial charge >= 0.3 is 0 Å². The highest BCUT2D eigenvalue weighted by atomic mass is 15.9. The van der Waals surface area contributed by atoms with E-state index in [4.69, 9.17) is 5.73 Å². The smallest absolute Gasteiger partial charge is 0.139 e. The fourth-order valence-corrected chi connectivity index (χ4v) is 1.17. The minimum absolute atomic E-state index is 0.611. The van der Waals surface area contributed by atoms with Crippen molar-refractivity contribution in [1.29, 1.82) is 0 Å². The van der Waals surface area contributed by atoms with E-state index in [2.05, 4.69) is 20.2 Å². The Kier molecular flexibility index (Phi) is 2.88. The van der Waals surface area contributed by atoms with Gasteiger partial charge in [0.05, 0.1) is 6.54 Å². The maximum absolute atomic E-state index is 5.47. The molecular weight excluding hydrogens is 196 g/mol. The minimum atomic E-state index is 0.611. The molecule has 0 bridgehead atoms. The van der Waals surface area contributed by atoms with Crippen molar-refractivity contribution in [2.45, 2.75) is 6.42 Å². The molecule has 0 aliphatic carbocycles. The number of hydrogen-bond acceptors (Lipinski definition) is 6. The second-order valence-corrected chi connectivity index (χ2v) is 2.87. The molecule has 0 unspecified atom stereocenters. The van der Waals surface area contributed by atoms with Crippen molar-refractivity contribution < 1.29 is 0 Å². The first-order valence-electron chi connectivity index (χ1n) is 4.59. The van der Waals surface area contributed by atoms with Crippen LogP contribution in [0.2, 0.25) is 0 Å². The Morgan fingerprint density at radius 2 is 1.67 bits per heavy atom. The summed E-state index contributed by atoms with van der Waals surface area (Å²) in [5, 5.41) is 9.84. The van der Waals surface area contributed by atoms with E-state index in [9.17, 15) is 0 Å². The third-order valence-corrected chi connectivity index (χ3v) is 1.85. The van der Waals surface area contributed by atoms with Crippen molar-refractivity contribution in [2.75, 3.05) is 18.2 Å². The first-order chi connectivity index (χ1) is 7.42. The van der Waals surface area contributed by atoms with Crippen molar-refractivity contribution in [1.82, 2.24) is 29.7 Å². The van der Waals surface area contributed by atoms with Crippen LogP contribution in [-0.4, -0.2) is 42.8 Å². The molecule has 8 nitrogen and oxygen atoms in total. The van der Waals surface area contributed by atoms with E-state index in [0.717, 1.165) is 6.42 Å². The molecule has 80 valence electrons. The van der Waals surface area contributed by atoms with Crippen molar-refractivity contribution in [3.8, 4) is 0 Å². The summed E-state index contributed by atoms with van der Waals surface area (Å²) in [4.78, 5) is 10.9. The first kappa shape index (κ1) is 9.59. The lowest BCUT2D eigenvalue weighted by atomic mass is 10.4. The Hall–Kier alpha value is -1.96. The summed E-state index contributed by atoms with van der Waals surface area (Å²) in [6.45, 7) is 1.31. The third-order valence-electron chi connectivity index (χ3n) is 1.85. The number of nitrogens with two attached hydrogens (primary N) is 1. The molecule has 15 heavy (non-hydrogen) atoms. The van der Waals surface area contributed by atoms with E-state index in [1.54, 1.807) is 27.4 Å². The molecule has 0 radical (unpaired) electrons. The van der Waals surface area contributed by atoms with Crippen molar-refractivity contribution in [3.05, 3.63) is 25.3 Å². The van der Waals surface area contributed by atoms with Crippen LogP contribution < -0.4 is 10.9 Å². The summed E-state index contributed by atoms with van der Waals surface area (Å²) in [5.41, 5.74) is 5.47. The quantitative estimate of drug-likeness (QED) is 0.651. The molecular formula is C7H12N8. The van der Waals surface area contributed by atoms with Gasteiger partial charge in [-0.1, -0.05) is 0 Å².